The van der Waals surface area contributed by atoms with Gasteiger partial charge in [-0.1, -0.05) is 12.1 Å². The number of carbonyl (C=O) groups excluding carboxylic acids is 1. The van der Waals surface area contributed by atoms with Crippen LogP contribution in [0.5, 0.6) is 5.75 Å². The first-order valence-corrected chi connectivity index (χ1v) is 5.24. The smallest absolute Gasteiger partial charge is 0.237 e. The topological polar surface area (TPSA) is 64.3 Å². The zero-order valence-electron chi connectivity index (χ0n) is 9.86. The number of ether oxygens (including phenoxy) is 1. The summed E-state index contributed by atoms with van der Waals surface area (Å²) in [5.41, 5.74) is 6.48. The van der Waals surface area contributed by atoms with E-state index in [1.807, 2.05) is 31.2 Å². The second kappa shape index (κ2) is 5.51. The normalized spacial score (nSPS) is 14.0. The van der Waals surface area contributed by atoms with Crippen molar-refractivity contribution in [2.24, 2.45) is 5.73 Å². The number of nitrogens with two attached hydrogens (primary N) is 1. The largest absolute Gasteiger partial charge is 0.497 e. The molecule has 1 rings (SSSR count). The number of methoxy groups -OCH3 is 1. The molecule has 0 spiro atoms. The third kappa shape index (κ3) is 3.24. The lowest BCUT2D eigenvalue weighted by Crippen LogP contribution is -2.39. The van der Waals surface area contributed by atoms with E-state index in [0.29, 0.717) is 0 Å². The Bertz CT molecular complexity index is 364. The Labute approximate surface area is 95.8 Å². The predicted molar refractivity (Wildman–Crippen MR) is 63.2 cm³/mol. The third-order valence-corrected chi connectivity index (χ3v) is 2.37. The summed E-state index contributed by atoms with van der Waals surface area (Å²) in [6.07, 6.45) is 0. The number of hydrogen-bond acceptors (Lipinski definition) is 3. The van der Waals surface area contributed by atoms with Crippen LogP contribution in [0.4, 0.5) is 0 Å². The SMILES string of the molecule is COc1cccc([C@H](C)NC(=O)[C@@H](C)N)c1. The molecule has 0 aliphatic carbocycles. The third-order valence-electron chi connectivity index (χ3n) is 2.37. The van der Waals surface area contributed by atoms with Crippen LogP contribution in [0.1, 0.15) is 25.5 Å². The lowest BCUT2D eigenvalue weighted by Gasteiger charge is -2.16. The zero-order valence-corrected chi connectivity index (χ0v) is 9.86. The van der Waals surface area contributed by atoms with E-state index in [4.69, 9.17) is 10.5 Å². The van der Waals surface area contributed by atoms with E-state index in [1.165, 1.54) is 0 Å². The highest BCUT2D eigenvalue weighted by Gasteiger charge is 2.12. The van der Waals surface area contributed by atoms with Gasteiger partial charge in [-0.15, -0.1) is 0 Å². The molecule has 0 unspecified atom stereocenters. The monoisotopic (exact) mass is 222 g/mol. The quantitative estimate of drug-likeness (QED) is 0.805. The van der Waals surface area contributed by atoms with Crippen molar-refractivity contribution in [2.45, 2.75) is 25.9 Å². The lowest BCUT2D eigenvalue weighted by molar-refractivity contribution is -0.122. The first-order chi connectivity index (χ1) is 7.54. The molecule has 0 aromatic heterocycles. The van der Waals surface area contributed by atoms with Gasteiger partial charge >= 0.3 is 0 Å². The lowest BCUT2D eigenvalue weighted by atomic mass is 10.1. The minimum Gasteiger partial charge on any atom is -0.497 e. The van der Waals surface area contributed by atoms with E-state index in [0.717, 1.165) is 11.3 Å². The van der Waals surface area contributed by atoms with Crippen molar-refractivity contribution >= 4 is 5.91 Å². The number of nitrogens with one attached hydrogen (secondary N) is 1. The summed E-state index contributed by atoms with van der Waals surface area (Å²) in [6, 6.07) is 7.02. The van der Waals surface area contributed by atoms with Gasteiger partial charge in [-0.3, -0.25) is 4.79 Å². The first-order valence-electron chi connectivity index (χ1n) is 5.24. The average Bonchev–Trinajstić information content (AvgIpc) is 2.28. The Morgan fingerprint density at radius 3 is 2.69 bits per heavy atom. The average molecular weight is 222 g/mol. The molecule has 0 aliphatic heterocycles. The highest BCUT2D eigenvalue weighted by molar-refractivity contribution is 5.81. The van der Waals surface area contributed by atoms with Crippen LogP contribution in [0.2, 0.25) is 0 Å². The van der Waals surface area contributed by atoms with E-state index in [1.54, 1.807) is 14.0 Å². The molecular weight excluding hydrogens is 204 g/mol. The van der Waals surface area contributed by atoms with Gasteiger partial charge < -0.3 is 15.8 Å². The standard InChI is InChI=1S/C12H18N2O2/c1-8(13)12(15)14-9(2)10-5-4-6-11(7-10)16-3/h4-9H,13H2,1-3H3,(H,14,15)/t8-,9+/m1/s1. The fourth-order valence-corrected chi connectivity index (χ4v) is 1.34. The Morgan fingerprint density at radius 2 is 2.12 bits per heavy atom. The molecule has 0 fully saturated rings. The Balaban J connectivity index is 2.72. The molecule has 4 nitrogen and oxygen atoms in total. The Hall–Kier alpha value is -1.55. The molecule has 3 N–H and O–H groups in total. The number of hydrogen-bond donors (Lipinski definition) is 2. The molecular formula is C12H18N2O2. The van der Waals surface area contributed by atoms with Gasteiger partial charge in [-0.05, 0) is 31.5 Å². The van der Waals surface area contributed by atoms with E-state index in [2.05, 4.69) is 5.32 Å². The van der Waals surface area contributed by atoms with Gasteiger partial charge in [-0.25, -0.2) is 0 Å². The molecule has 1 aromatic rings. The molecule has 16 heavy (non-hydrogen) atoms. The van der Waals surface area contributed by atoms with E-state index >= 15 is 0 Å². The molecule has 0 heterocycles. The summed E-state index contributed by atoms with van der Waals surface area (Å²) in [6.45, 7) is 3.57. The maximum Gasteiger partial charge on any atom is 0.237 e. The van der Waals surface area contributed by atoms with Gasteiger partial charge in [0.05, 0.1) is 19.2 Å². The molecule has 2 atom stereocenters. The van der Waals surface area contributed by atoms with Crippen molar-refractivity contribution < 1.29 is 9.53 Å². The minimum atomic E-state index is -0.493. The van der Waals surface area contributed by atoms with Crippen LogP contribution in [0.25, 0.3) is 0 Å². The van der Waals surface area contributed by atoms with Crippen molar-refractivity contribution in [3.63, 3.8) is 0 Å². The van der Waals surface area contributed by atoms with E-state index in [-0.39, 0.29) is 11.9 Å². The number of rotatable bonds is 4. The van der Waals surface area contributed by atoms with Crippen LogP contribution >= 0.6 is 0 Å². The summed E-state index contributed by atoms with van der Waals surface area (Å²) >= 11 is 0. The summed E-state index contributed by atoms with van der Waals surface area (Å²) in [5, 5.41) is 2.83. The van der Waals surface area contributed by atoms with Gasteiger partial charge in [0.2, 0.25) is 5.91 Å². The van der Waals surface area contributed by atoms with Crippen LogP contribution in [-0.4, -0.2) is 19.1 Å². The maximum atomic E-state index is 11.4. The molecule has 1 amide bonds. The van der Waals surface area contributed by atoms with Gasteiger partial charge in [-0.2, -0.15) is 0 Å². The molecule has 0 bridgehead atoms. The van der Waals surface area contributed by atoms with Gasteiger partial charge in [0.1, 0.15) is 5.75 Å². The summed E-state index contributed by atoms with van der Waals surface area (Å²) in [4.78, 5) is 11.4. The maximum absolute atomic E-state index is 11.4. The van der Waals surface area contributed by atoms with Crippen LogP contribution in [-0.2, 0) is 4.79 Å². The summed E-state index contributed by atoms with van der Waals surface area (Å²) < 4.78 is 5.12. The van der Waals surface area contributed by atoms with E-state index in [9.17, 15) is 4.79 Å². The fraction of sp³-hybridized carbons (Fsp3) is 0.417. The van der Waals surface area contributed by atoms with Crippen molar-refractivity contribution in [3.05, 3.63) is 29.8 Å². The minimum absolute atomic E-state index is 0.0754. The number of amides is 1. The highest BCUT2D eigenvalue weighted by atomic mass is 16.5. The predicted octanol–water partition coefficient (Wildman–Crippen LogP) is 1.22. The van der Waals surface area contributed by atoms with Gasteiger partial charge in [0.15, 0.2) is 0 Å². The fourth-order valence-electron chi connectivity index (χ4n) is 1.34. The molecule has 4 heteroatoms. The summed E-state index contributed by atoms with van der Waals surface area (Å²) in [5.74, 6) is 0.620. The van der Waals surface area contributed by atoms with Crippen molar-refractivity contribution in [3.8, 4) is 5.75 Å². The number of carbonyl (C=O) groups is 1. The second-order valence-corrected chi connectivity index (χ2v) is 3.80. The first kappa shape index (κ1) is 12.5. The van der Waals surface area contributed by atoms with Gasteiger partial charge in [0, 0.05) is 0 Å². The Kier molecular flexibility index (Phi) is 4.31. The van der Waals surface area contributed by atoms with Crippen LogP contribution in [0, 0.1) is 0 Å². The van der Waals surface area contributed by atoms with Gasteiger partial charge in [0.25, 0.3) is 0 Å². The highest BCUT2D eigenvalue weighted by Crippen LogP contribution is 2.18. The molecule has 0 saturated carbocycles. The molecule has 88 valence electrons. The van der Waals surface area contributed by atoms with Crippen molar-refractivity contribution in [2.75, 3.05) is 7.11 Å². The second-order valence-electron chi connectivity index (χ2n) is 3.80. The van der Waals surface area contributed by atoms with Crippen LogP contribution in [0.3, 0.4) is 0 Å². The molecule has 0 saturated heterocycles. The van der Waals surface area contributed by atoms with Crippen molar-refractivity contribution in [1.82, 2.24) is 5.32 Å². The van der Waals surface area contributed by atoms with Crippen molar-refractivity contribution in [1.29, 1.82) is 0 Å². The van der Waals surface area contributed by atoms with Crippen LogP contribution < -0.4 is 15.8 Å². The zero-order chi connectivity index (χ0) is 12.1. The molecule has 0 aliphatic rings. The molecule has 1 aromatic carbocycles. The Morgan fingerprint density at radius 1 is 1.44 bits per heavy atom. The molecule has 0 radical (unpaired) electrons. The van der Waals surface area contributed by atoms with Crippen LogP contribution in [0.15, 0.2) is 24.3 Å². The summed E-state index contributed by atoms with van der Waals surface area (Å²) in [7, 11) is 1.62. The number of benzene rings is 1. The van der Waals surface area contributed by atoms with E-state index < -0.39 is 6.04 Å².